The molecule has 1 aromatic carbocycles. The average molecular weight is 480 g/mol. The molecule has 164 valence electrons. The van der Waals surface area contributed by atoms with E-state index in [-0.39, 0.29) is 17.7 Å². The van der Waals surface area contributed by atoms with E-state index in [0.29, 0.717) is 61.2 Å². The third-order valence-electron chi connectivity index (χ3n) is 5.80. The van der Waals surface area contributed by atoms with Gasteiger partial charge in [0.1, 0.15) is 6.04 Å². The number of likely N-dealkylation sites (tertiary alicyclic amines) is 1. The molecule has 2 fully saturated rings. The van der Waals surface area contributed by atoms with Crippen LogP contribution >= 0.6 is 34.5 Å². The van der Waals surface area contributed by atoms with Gasteiger partial charge in [0.15, 0.2) is 0 Å². The minimum absolute atomic E-state index is 0.00416. The lowest BCUT2D eigenvalue weighted by Crippen LogP contribution is -2.55. The van der Waals surface area contributed by atoms with E-state index in [1.54, 1.807) is 44.2 Å². The van der Waals surface area contributed by atoms with E-state index < -0.39 is 6.04 Å². The van der Waals surface area contributed by atoms with Gasteiger partial charge in [0.2, 0.25) is 11.8 Å². The minimum atomic E-state index is -0.402. The number of piperazine rings is 1. The van der Waals surface area contributed by atoms with Crippen LogP contribution in [0, 0.1) is 0 Å². The van der Waals surface area contributed by atoms with Crippen molar-refractivity contribution in [1.82, 2.24) is 14.7 Å². The quantitative estimate of drug-likeness (QED) is 0.673. The summed E-state index contributed by atoms with van der Waals surface area (Å²) in [5, 5.41) is 2.75. The number of hydrogen-bond donors (Lipinski definition) is 0. The standard InChI is InChI=1S/C22H23Cl2N3O3S/c23-15-5-6-17(18(24)13-15)21(29)25-8-10-26(11-9-25)22(30)19-4-1-7-27(19)20(28)14-16-3-2-12-31-16/h2-3,5-6,12-13,19H,1,4,7-11,14H2. The second-order valence-electron chi connectivity index (χ2n) is 7.74. The van der Waals surface area contributed by atoms with Gasteiger partial charge in [0, 0.05) is 42.6 Å². The molecule has 1 atom stereocenters. The fourth-order valence-electron chi connectivity index (χ4n) is 4.16. The predicted octanol–water partition coefficient (Wildman–Crippen LogP) is 3.57. The van der Waals surface area contributed by atoms with Crippen LogP contribution < -0.4 is 0 Å². The molecular formula is C22H23Cl2N3O3S. The largest absolute Gasteiger partial charge is 0.337 e. The highest BCUT2D eigenvalue weighted by atomic mass is 35.5. The Hall–Kier alpha value is -2.09. The van der Waals surface area contributed by atoms with Crippen molar-refractivity contribution in [3.63, 3.8) is 0 Å². The highest BCUT2D eigenvalue weighted by Gasteiger charge is 2.37. The smallest absolute Gasteiger partial charge is 0.255 e. The van der Waals surface area contributed by atoms with Gasteiger partial charge in [-0.05, 0) is 42.5 Å². The van der Waals surface area contributed by atoms with Crippen LogP contribution in [0.3, 0.4) is 0 Å². The van der Waals surface area contributed by atoms with E-state index in [0.717, 1.165) is 11.3 Å². The van der Waals surface area contributed by atoms with Crippen LogP contribution in [-0.2, 0) is 16.0 Å². The van der Waals surface area contributed by atoms with E-state index in [2.05, 4.69) is 0 Å². The molecule has 2 aliphatic heterocycles. The molecular weight excluding hydrogens is 457 g/mol. The molecule has 4 rings (SSSR count). The van der Waals surface area contributed by atoms with Crippen LogP contribution in [0.4, 0.5) is 0 Å². The SMILES string of the molecule is O=C(c1ccc(Cl)cc1Cl)N1CCN(C(=O)C2CCCN2C(=O)Cc2cccs2)CC1. The summed E-state index contributed by atoms with van der Waals surface area (Å²) in [4.78, 5) is 44.9. The zero-order valence-corrected chi connectivity index (χ0v) is 19.3. The maximum absolute atomic E-state index is 13.2. The molecule has 0 spiro atoms. The molecule has 0 N–H and O–H groups in total. The van der Waals surface area contributed by atoms with Gasteiger partial charge in [0.05, 0.1) is 17.0 Å². The molecule has 3 heterocycles. The van der Waals surface area contributed by atoms with Crippen LogP contribution in [0.15, 0.2) is 35.7 Å². The first-order valence-corrected chi connectivity index (χ1v) is 11.9. The van der Waals surface area contributed by atoms with Gasteiger partial charge in [-0.1, -0.05) is 29.3 Å². The molecule has 6 nitrogen and oxygen atoms in total. The molecule has 1 unspecified atom stereocenters. The highest BCUT2D eigenvalue weighted by Crippen LogP contribution is 2.25. The normalized spacial score (nSPS) is 19.0. The molecule has 0 radical (unpaired) electrons. The second-order valence-corrected chi connectivity index (χ2v) is 9.62. The Balaban J connectivity index is 1.35. The zero-order chi connectivity index (χ0) is 22.0. The van der Waals surface area contributed by atoms with Gasteiger partial charge in [0.25, 0.3) is 5.91 Å². The Bertz CT molecular complexity index is 974. The van der Waals surface area contributed by atoms with E-state index in [1.165, 1.54) is 0 Å². The van der Waals surface area contributed by atoms with Crippen LogP contribution in [0.25, 0.3) is 0 Å². The molecule has 31 heavy (non-hydrogen) atoms. The average Bonchev–Trinajstić information content (AvgIpc) is 3.45. The number of carbonyl (C=O) groups excluding carboxylic acids is 3. The molecule has 0 bridgehead atoms. The summed E-state index contributed by atoms with van der Waals surface area (Å²) in [6, 6.07) is 8.29. The summed E-state index contributed by atoms with van der Waals surface area (Å²) in [7, 11) is 0. The summed E-state index contributed by atoms with van der Waals surface area (Å²) in [6.45, 7) is 2.37. The lowest BCUT2D eigenvalue weighted by molar-refractivity contribution is -0.144. The van der Waals surface area contributed by atoms with Crippen molar-refractivity contribution in [2.75, 3.05) is 32.7 Å². The third-order valence-corrected chi connectivity index (χ3v) is 7.23. The Morgan fingerprint density at radius 1 is 1.00 bits per heavy atom. The van der Waals surface area contributed by atoms with Crippen LogP contribution in [0.2, 0.25) is 10.0 Å². The maximum Gasteiger partial charge on any atom is 0.255 e. The van der Waals surface area contributed by atoms with Crippen molar-refractivity contribution in [2.45, 2.75) is 25.3 Å². The number of carbonyl (C=O) groups is 3. The summed E-state index contributed by atoms with van der Waals surface area (Å²) in [5.74, 6) is -0.180. The van der Waals surface area contributed by atoms with Gasteiger partial charge < -0.3 is 14.7 Å². The molecule has 3 amide bonds. The van der Waals surface area contributed by atoms with Gasteiger partial charge in [-0.2, -0.15) is 0 Å². The summed E-state index contributed by atoms with van der Waals surface area (Å²) in [5.41, 5.74) is 0.409. The van der Waals surface area contributed by atoms with Gasteiger partial charge in [-0.15, -0.1) is 11.3 Å². The van der Waals surface area contributed by atoms with E-state index in [1.807, 2.05) is 17.5 Å². The molecule has 0 saturated carbocycles. The summed E-state index contributed by atoms with van der Waals surface area (Å²) >= 11 is 13.6. The van der Waals surface area contributed by atoms with Crippen LogP contribution in [-0.4, -0.2) is 71.2 Å². The molecule has 2 aromatic rings. The zero-order valence-electron chi connectivity index (χ0n) is 16.9. The molecule has 2 saturated heterocycles. The van der Waals surface area contributed by atoms with Crippen LogP contribution in [0.1, 0.15) is 28.1 Å². The monoisotopic (exact) mass is 479 g/mol. The second kappa shape index (κ2) is 9.59. The lowest BCUT2D eigenvalue weighted by Gasteiger charge is -2.37. The van der Waals surface area contributed by atoms with Crippen molar-refractivity contribution < 1.29 is 14.4 Å². The topological polar surface area (TPSA) is 60.9 Å². The fraction of sp³-hybridized carbons (Fsp3) is 0.409. The fourth-order valence-corrected chi connectivity index (χ4v) is 5.34. The number of nitrogens with zero attached hydrogens (tertiary/aromatic N) is 3. The predicted molar refractivity (Wildman–Crippen MR) is 122 cm³/mol. The van der Waals surface area contributed by atoms with Gasteiger partial charge in [-0.25, -0.2) is 0 Å². The van der Waals surface area contributed by atoms with Gasteiger partial charge in [-0.3, -0.25) is 14.4 Å². The van der Waals surface area contributed by atoms with Crippen molar-refractivity contribution in [3.05, 3.63) is 56.2 Å². The number of amides is 3. The number of benzene rings is 1. The van der Waals surface area contributed by atoms with Crippen molar-refractivity contribution in [1.29, 1.82) is 0 Å². The van der Waals surface area contributed by atoms with Crippen molar-refractivity contribution >= 4 is 52.3 Å². The molecule has 0 aliphatic carbocycles. The summed E-state index contributed by atoms with van der Waals surface area (Å²) < 4.78 is 0. The van der Waals surface area contributed by atoms with Gasteiger partial charge >= 0.3 is 0 Å². The highest BCUT2D eigenvalue weighted by molar-refractivity contribution is 7.10. The number of halogens is 2. The first-order chi connectivity index (χ1) is 14.9. The molecule has 9 heteroatoms. The number of thiophene rings is 1. The Morgan fingerprint density at radius 3 is 2.42 bits per heavy atom. The molecule has 1 aromatic heterocycles. The Kier molecular flexibility index (Phi) is 6.84. The van der Waals surface area contributed by atoms with E-state index >= 15 is 0 Å². The van der Waals surface area contributed by atoms with Crippen molar-refractivity contribution in [3.8, 4) is 0 Å². The Morgan fingerprint density at radius 2 is 1.74 bits per heavy atom. The third kappa shape index (κ3) is 4.89. The van der Waals surface area contributed by atoms with E-state index in [9.17, 15) is 14.4 Å². The maximum atomic E-state index is 13.2. The lowest BCUT2D eigenvalue weighted by atomic mass is 10.1. The Labute approximate surface area is 195 Å². The minimum Gasteiger partial charge on any atom is -0.337 e. The van der Waals surface area contributed by atoms with E-state index in [4.69, 9.17) is 23.2 Å². The summed E-state index contributed by atoms with van der Waals surface area (Å²) in [6.07, 6.45) is 1.86. The van der Waals surface area contributed by atoms with Crippen molar-refractivity contribution in [2.24, 2.45) is 0 Å². The number of rotatable bonds is 4. The first-order valence-electron chi connectivity index (χ1n) is 10.3. The van der Waals surface area contributed by atoms with Crippen LogP contribution in [0.5, 0.6) is 0 Å². The first kappa shape index (κ1) is 22.1. The number of hydrogen-bond acceptors (Lipinski definition) is 4. The molecule has 2 aliphatic rings.